The van der Waals surface area contributed by atoms with Gasteiger partial charge in [0, 0.05) is 32.2 Å². The molecule has 78 valence electrons. The van der Waals surface area contributed by atoms with Gasteiger partial charge < -0.3 is 10.4 Å². The van der Waals surface area contributed by atoms with Crippen LogP contribution in [0.5, 0.6) is 0 Å². The van der Waals surface area contributed by atoms with E-state index in [1.54, 1.807) is 0 Å². The van der Waals surface area contributed by atoms with Gasteiger partial charge in [0.1, 0.15) is 0 Å². The summed E-state index contributed by atoms with van der Waals surface area (Å²) in [5.41, 5.74) is 0. The first-order valence-electron chi connectivity index (χ1n) is 5.44. The van der Waals surface area contributed by atoms with E-state index in [2.05, 4.69) is 17.1 Å². The van der Waals surface area contributed by atoms with Crippen LogP contribution in [0.2, 0.25) is 0 Å². The molecule has 3 nitrogen and oxygen atoms in total. The summed E-state index contributed by atoms with van der Waals surface area (Å²) in [5, 5.41) is 12.6. The number of nitrogens with zero attached hydrogens (tertiary/aromatic N) is 1. The van der Waals surface area contributed by atoms with E-state index in [1.165, 1.54) is 12.8 Å². The Hall–Kier alpha value is -0.120. The molecule has 0 aromatic heterocycles. The summed E-state index contributed by atoms with van der Waals surface area (Å²) in [4.78, 5) is 2.41. The fourth-order valence-electron chi connectivity index (χ4n) is 1.88. The SMILES string of the molecule is CCCCC(CO)N1CCNCC1. The van der Waals surface area contributed by atoms with Crippen LogP contribution in [0.15, 0.2) is 0 Å². The molecule has 3 heteroatoms. The highest BCUT2D eigenvalue weighted by Crippen LogP contribution is 2.08. The van der Waals surface area contributed by atoms with Gasteiger partial charge in [-0.1, -0.05) is 19.8 Å². The second kappa shape index (κ2) is 6.35. The minimum absolute atomic E-state index is 0.319. The third-order valence-corrected chi connectivity index (χ3v) is 2.77. The van der Waals surface area contributed by atoms with Crippen molar-refractivity contribution in [3.05, 3.63) is 0 Å². The Morgan fingerprint density at radius 3 is 2.62 bits per heavy atom. The van der Waals surface area contributed by atoms with Crippen molar-refractivity contribution in [3.8, 4) is 0 Å². The average Bonchev–Trinajstić information content (AvgIpc) is 2.21. The number of hydrogen-bond acceptors (Lipinski definition) is 3. The number of piperazine rings is 1. The molecule has 1 heterocycles. The van der Waals surface area contributed by atoms with Crippen molar-refractivity contribution in [2.24, 2.45) is 0 Å². The van der Waals surface area contributed by atoms with Gasteiger partial charge in [0.15, 0.2) is 0 Å². The van der Waals surface area contributed by atoms with Gasteiger partial charge in [0.05, 0.1) is 6.61 Å². The molecule has 1 rings (SSSR count). The van der Waals surface area contributed by atoms with Crippen LogP contribution >= 0.6 is 0 Å². The van der Waals surface area contributed by atoms with Crippen LogP contribution in [0, 0.1) is 0 Å². The van der Waals surface area contributed by atoms with Crippen LogP contribution in [-0.4, -0.2) is 48.8 Å². The van der Waals surface area contributed by atoms with Crippen molar-refractivity contribution in [2.75, 3.05) is 32.8 Å². The zero-order chi connectivity index (χ0) is 9.52. The van der Waals surface area contributed by atoms with Gasteiger partial charge in [0.2, 0.25) is 0 Å². The average molecular weight is 186 g/mol. The zero-order valence-corrected chi connectivity index (χ0v) is 8.63. The quantitative estimate of drug-likeness (QED) is 0.654. The monoisotopic (exact) mass is 186 g/mol. The molecule has 0 radical (unpaired) electrons. The molecule has 1 unspecified atom stereocenters. The minimum atomic E-state index is 0.319. The second-order valence-electron chi connectivity index (χ2n) is 3.76. The largest absolute Gasteiger partial charge is 0.395 e. The fourth-order valence-corrected chi connectivity index (χ4v) is 1.88. The van der Waals surface area contributed by atoms with Crippen LogP contribution in [0.3, 0.4) is 0 Å². The van der Waals surface area contributed by atoms with E-state index in [-0.39, 0.29) is 0 Å². The Morgan fingerprint density at radius 1 is 1.38 bits per heavy atom. The minimum Gasteiger partial charge on any atom is -0.395 e. The van der Waals surface area contributed by atoms with E-state index in [9.17, 15) is 5.11 Å². The Morgan fingerprint density at radius 2 is 2.08 bits per heavy atom. The fraction of sp³-hybridized carbons (Fsp3) is 1.00. The maximum absolute atomic E-state index is 9.24. The topological polar surface area (TPSA) is 35.5 Å². The highest BCUT2D eigenvalue weighted by molar-refractivity contribution is 4.75. The van der Waals surface area contributed by atoms with Gasteiger partial charge in [-0.25, -0.2) is 0 Å². The van der Waals surface area contributed by atoms with Gasteiger partial charge in [0.25, 0.3) is 0 Å². The summed E-state index contributed by atoms with van der Waals surface area (Å²) in [7, 11) is 0. The predicted molar refractivity (Wildman–Crippen MR) is 54.8 cm³/mol. The molecule has 0 aliphatic carbocycles. The maximum Gasteiger partial charge on any atom is 0.0586 e. The molecule has 0 amide bonds. The number of aliphatic hydroxyl groups excluding tert-OH is 1. The molecule has 1 aliphatic heterocycles. The standard InChI is InChI=1S/C10H22N2O/c1-2-3-4-10(9-13)12-7-5-11-6-8-12/h10-11,13H,2-9H2,1H3. The number of hydrogen-bond donors (Lipinski definition) is 2. The van der Waals surface area contributed by atoms with Gasteiger partial charge in [-0.15, -0.1) is 0 Å². The highest BCUT2D eigenvalue weighted by Gasteiger charge is 2.18. The van der Waals surface area contributed by atoms with Crippen LogP contribution in [-0.2, 0) is 0 Å². The highest BCUT2D eigenvalue weighted by atomic mass is 16.3. The molecule has 0 spiro atoms. The summed E-state index contributed by atoms with van der Waals surface area (Å²) in [6.07, 6.45) is 3.60. The van der Waals surface area contributed by atoms with Crippen LogP contribution < -0.4 is 5.32 Å². The lowest BCUT2D eigenvalue weighted by atomic mass is 10.1. The molecule has 2 N–H and O–H groups in total. The maximum atomic E-state index is 9.24. The summed E-state index contributed by atoms with van der Waals surface area (Å²) in [6, 6.07) is 0.405. The molecule has 13 heavy (non-hydrogen) atoms. The van der Waals surface area contributed by atoms with Gasteiger partial charge in [-0.05, 0) is 6.42 Å². The zero-order valence-electron chi connectivity index (χ0n) is 8.63. The van der Waals surface area contributed by atoms with Gasteiger partial charge in [-0.3, -0.25) is 4.90 Å². The number of unbranched alkanes of at least 4 members (excludes halogenated alkanes) is 1. The molecule has 0 aromatic rings. The lowest BCUT2D eigenvalue weighted by molar-refractivity contribution is 0.103. The van der Waals surface area contributed by atoms with Crippen LogP contribution in [0.1, 0.15) is 26.2 Å². The first-order chi connectivity index (χ1) is 6.38. The van der Waals surface area contributed by atoms with Gasteiger partial charge >= 0.3 is 0 Å². The Labute approximate surface area is 81.1 Å². The lowest BCUT2D eigenvalue weighted by Gasteiger charge is -2.33. The molecule has 1 fully saturated rings. The van der Waals surface area contributed by atoms with E-state index in [0.29, 0.717) is 12.6 Å². The third kappa shape index (κ3) is 3.63. The van der Waals surface area contributed by atoms with Crippen molar-refractivity contribution in [1.82, 2.24) is 10.2 Å². The number of nitrogens with one attached hydrogen (secondary N) is 1. The van der Waals surface area contributed by atoms with Crippen LogP contribution in [0.25, 0.3) is 0 Å². The van der Waals surface area contributed by atoms with Crippen molar-refractivity contribution in [2.45, 2.75) is 32.2 Å². The summed E-state index contributed by atoms with van der Waals surface area (Å²) in [5.74, 6) is 0. The molecule has 1 atom stereocenters. The normalized spacial score (nSPS) is 21.7. The summed E-state index contributed by atoms with van der Waals surface area (Å²) in [6.45, 7) is 6.85. The van der Waals surface area contributed by atoms with Crippen LogP contribution in [0.4, 0.5) is 0 Å². The van der Waals surface area contributed by atoms with Crippen molar-refractivity contribution in [1.29, 1.82) is 0 Å². The molecule has 1 aliphatic rings. The first kappa shape index (κ1) is 11.0. The Balaban J connectivity index is 2.26. The van der Waals surface area contributed by atoms with E-state index in [4.69, 9.17) is 0 Å². The third-order valence-electron chi connectivity index (χ3n) is 2.77. The van der Waals surface area contributed by atoms with Crippen molar-refractivity contribution in [3.63, 3.8) is 0 Å². The number of rotatable bonds is 5. The molecule has 0 bridgehead atoms. The molecule has 0 aromatic carbocycles. The second-order valence-corrected chi connectivity index (χ2v) is 3.76. The molecular weight excluding hydrogens is 164 g/mol. The number of aliphatic hydroxyl groups is 1. The van der Waals surface area contributed by atoms with Crippen molar-refractivity contribution < 1.29 is 5.11 Å². The first-order valence-corrected chi connectivity index (χ1v) is 5.44. The Bertz CT molecular complexity index is 124. The summed E-state index contributed by atoms with van der Waals surface area (Å²) >= 11 is 0. The lowest BCUT2D eigenvalue weighted by Crippen LogP contribution is -2.49. The smallest absolute Gasteiger partial charge is 0.0586 e. The van der Waals surface area contributed by atoms with E-state index >= 15 is 0 Å². The van der Waals surface area contributed by atoms with E-state index in [0.717, 1.165) is 32.6 Å². The molecule has 0 saturated carbocycles. The van der Waals surface area contributed by atoms with Gasteiger partial charge in [-0.2, -0.15) is 0 Å². The molecule has 1 saturated heterocycles. The van der Waals surface area contributed by atoms with E-state index < -0.39 is 0 Å². The predicted octanol–water partition coefficient (Wildman–Crippen LogP) is 0.443. The van der Waals surface area contributed by atoms with Crippen molar-refractivity contribution >= 4 is 0 Å². The molecular formula is C10H22N2O. The van der Waals surface area contributed by atoms with E-state index in [1.807, 2.05) is 0 Å². The summed E-state index contributed by atoms with van der Waals surface area (Å²) < 4.78 is 0. The Kier molecular flexibility index (Phi) is 5.35.